The molecule has 3 aromatic rings. The number of carbonyl (C=O) groups is 2. The summed E-state index contributed by atoms with van der Waals surface area (Å²) in [7, 11) is 1.56. The Morgan fingerprint density at radius 2 is 1.79 bits per heavy atom. The summed E-state index contributed by atoms with van der Waals surface area (Å²) in [6, 6.07) is 21.3. The topological polar surface area (TPSA) is 76.1 Å². The highest BCUT2D eigenvalue weighted by Gasteiger charge is 2.33. The molecule has 0 aliphatic carbocycles. The van der Waals surface area contributed by atoms with Crippen molar-refractivity contribution in [2.75, 3.05) is 12.0 Å². The van der Waals surface area contributed by atoms with E-state index >= 15 is 0 Å². The fourth-order valence-electron chi connectivity index (χ4n) is 3.22. The summed E-state index contributed by atoms with van der Waals surface area (Å²) < 4.78 is 11.7. The molecule has 6 nitrogen and oxygen atoms in total. The fourth-order valence-corrected chi connectivity index (χ4v) is 4.52. The molecule has 1 N–H and O–H groups in total. The summed E-state index contributed by atoms with van der Waals surface area (Å²) in [6.45, 7) is 0.413. The molecule has 1 aliphatic heterocycles. The van der Waals surface area contributed by atoms with E-state index in [1.165, 1.54) is 28.8 Å². The maximum Gasteiger partial charge on any atom is 0.335 e. The highest BCUT2D eigenvalue weighted by atomic mass is 32.2. The quantitative estimate of drug-likeness (QED) is 0.362. The van der Waals surface area contributed by atoms with Gasteiger partial charge in [0.15, 0.2) is 15.8 Å². The predicted molar refractivity (Wildman–Crippen MR) is 133 cm³/mol. The number of nitrogens with zero attached hydrogens (tertiary/aromatic N) is 1. The van der Waals surface area contributed by atoms with Gasteiger partial charge in [-0.25, -0.2) is 4.79 Å². The molecule has 1 aliphatic rings. The monoisotopic (exact) mass is 477 g/mol. The third-order valence-corrected chi connectivity index (χ3v) is 6.19. The van der Waals surface area contributed by atoms with E-state index in [1.807, 2.05) is 36.4 Å². The van der Waals surface area contributed by atoms with Crippen LogP contribution in [0.4, 0.5) is 5.69 Å². The smallest absolute Gasteiger partial charge is 0.335 e. The van der Waals surface area contributed by atoms with Crippen LogP contribution in [0.15, 0.2) is 77.7 Å². The van der Waals surface area contributed by atoms with Crippen LogP contribution in [0.1, 0.15) is 21.5 Å². The van der Waals surface area contributed by atoms with Crippen LogP contribution < -0.4 is 14.4 Å². The van der Waals surface area contributed by atoms with Crippen LogP contribution in [0.2, 0.25) is 0 Å². The Morgan fingerprint density at radius 1 is 1.06 bits per heavy atom. The van der Waals surface area contributed by atoms with Crippen LogP contribution in [-0.4, -0.2) is 28.4 Å². The van der Waals surface area contributed by atoms with Crippen molar-refractivity contribution in [1.29, 1.82) is 0 Å². The molecule has 0 radical (unpaired) electrons. The molecule has 0 unspecified atom stereocenters. The number of thiocarbonyl (C=S) groups is 1. The van der Waals surface area contributed by atoms with Crippen molar-refractivity contribution in [3.8, 4) is 11.5 Å². The molecule has 0 saturated carbocycles. The summed E-state index contributed by atoms with van der Waals surface area (Å²) in [6.07, 6.45) is 1.74. The average molecular weight is 478 g/mol. The number of aromatic carboxylic acids is 1. The average Bonchev–Trinajstić information content (AvgIpc) is 3.11. The van der Waals surface area contributed by atoms with Crippen molar-refractivity contribution >= 4 is 51.9 Å². The van der Waals surface area contributed by atoms with Crippen LogP contribution >= 0.6 is 24.0 Å². The number of benzene rings is 3. The zero-order chi connectivity index (χ0) is 23.4. The molecule has 3 aromatic carbocycles. The molecular formula is C25H19NO5S2. The number of thioether (sulfide) groups is 1. The number of carboxylic acids is 1. The van der Waals surface area contributed by atoms with Gasteiger partial charge in [-0.15, -0.1) is 0 Å². The van der Waals surface area contributed by atoms with E-state index in [-0.39, 0.29) is 11.5 Å². The van der Waals surface area contributed by atoms with Crippen molar-refractivity contribution in [2.45, 2.75) is 6.61 Å². The highest BCUT2D eigenvalue weighted by molar-refractivity contribution is 8.27. The Labute approximate surface area is 200 Å². The first-order valence-corrected chi connectivity index (χ1v) is 11.1. The molecule has 1 saturated heterocycles. The first kappa shape index (κ1) is 22.6. The molecule has 1 amide bonds. The number of hydrogen-bond donors (Lipinski definition) is 1. The minimum absolute atomic E-state index is 0.140. The van der Waals surface area contributed by atoms with Crippen molar-refractivity contribution in [3.05, 3.63) is 94.4 Å². The van der Waals surface area contributed by atoms with E-state index < -0.39 is 5.97 Å². The number of hydrogen-bond acceptors (Lipinski definition) is 6. The second-order valence-corrected chi connectivity index (χ2v) is 8.73. The van der Waals surface area contributed by atoms with Gasteiger partial charge in [0.25, 0.3) is 5.91 Å². The first-order valence-electron chi connectivity index (χ1n) is 9.92. The van der Waals surface area contributed by atoms with Gasteiger partial charge in [-0.1, -0.05) is 60.4 Å². The Kier molecular flexibility index (Phi) is 6.76. The lowest BCUT2D eigenvalue weighted by Crippen LogP contribution is -2.27. The lowest BCUT2D eigenvalue weighted by atomic mass is 10.1. The van der Waals surface area contributed by atoms with Crippen LogP contribution in [0.5, 0.6) is 11.5 Å². The van der Waals surface area contributed by atoms with Gasteiger partial charge in [-0.05, 0) is 53.6 Å². The van der Waals surface area contributed by atoms with Crippen LogP contribution in [0.3, 0.4) is 0 Å². The minimum atomic E-state index is -1.03. The summed E-state index contributed by atoms with van der Waals surface area (Å²) in [4.78, 5) is 25.9. The van der Waals surface area contributed by atoms with E-state index in [9.17, 15) is 9.59 Å². The number of rotatable bonds is 7. The molecule has 0 atom stereocenters. The number of carboxylic acid groups (broad SMARTS) is 1. The number of ether oxygens (including phenoxy) is 2. The van der Waals surface area contributed by atoms with Gasteiger partial charge in [-0.2, -0.15) is 0 Å². The van der Waals surface area contributed by atoms with E-state index in [1.54, 1.807) is 37.5 Å². The molecule has 166 valence electrons. The summed E-state index contributed by atoms with van der Waals surface area (Å²) in [5.74, 6) is -0.141. The highest BCUT2D eigenvalue weighted by Crippen LogP contribution is 2.37. The Balaban J connectivity index is 1.52. The van der Waals surface area contributed by atoms with Crippen LogP contribution in [-0.2, 0) is 11.4 Å². The van der Waals surface area contributed by atoms with Gasteiger partial charge in [-0.3, -0.25) is 9.69 Å². The molecule has 0 spiro atoms. The second-order valence-electron chi connectivity index (χ2n) is 7.05. The molecular weight excluding hydrogens is 458 g/mol. The Morgan fingerprint density at radius 3 is 2.45 bits per heavy atom. The zero-order valence-electron chi connectivity index (χ0n) is 17.6. The Bertz CT molecular complexity index is 1240. The Hall–Kier alpha value is -3.62. The standard InChI is InChI=1S/C25H19NO5S2/c1-30-21-13-17(7-12-20(21)31-15-16-5-3-2-4-6-16)14-22-23(27)26(25(32)33-22)19-10-8-18(9-11-19)24(28)29/h2-14H,15H2,1H3,(H,28,29)/b22-14-. The third-order valence-electron chi connectivity index (χ3n) is 4.89. The molecule has 1 fully saturated rings. The van der Waals surface area contributed by atoms with Crippen molar-refractivity contribution in [3.63, 3.8) is 0 Å². The van der Waals surface area contributed by atoms with Gasteiger partial charge < -0.3 is 14.6 Å². The lowest BCUT2D eigenvalue weighted by molar-refractivity contribution is -0.113. The van der Waals surface area contributed by atoms with Crippen molar-refractivity contribution < 1.29 is 24.2 Å². The maximum absolute atomic E-state index is 13.0. The lowest BCUT2D eigenvalue weighted by Gasteiger charge is -2.14. The maximum atomic E-state index is 13.0. The number of anilines is 1. The molecule has 33 heavy (non-hydrogen) atoms. The van der Waals surface area contributed by atoms with E-state index in [2.05, 4.69) is 0 Å². The van der Waals surface area contributed by atoms with Gasteiger partial charge >= 0.3 is 5.97 Å². The molecule has 8 heteroatoms. The van der Waals surface area contributed by atoms with E-state index in [4.69, 9.17) is 26.8 Å². The predicted octanol–water partition coefficient (Wildman–Crippen LogP) is 5.38. The number of carbonyl (C=O) groups excluding carboxylic acids is 1. The van der Waals surface area contributed by atoms with E-state index in [0.717, 1.165) is 11.1 Å². The van der Waals surface area contributed by atoms with Gasteiger partial charge in [0.05, 0.1) is 23.3 Å². The SMILES string of the molecule is COc1cc(/C=C2\SC(=S)N(c3ccc(C(=O)O)cc3)C2=O)ccc1OCc1ccccc1. The molecule has 1 heterocycles. The van der Waals surface area contributed by atoms with Gasteiger partial charge in [0, 0.05) is 0 Å². The summed E-state index contributed by atoms with van der Waals surface area (Å²) >= 11 is 6.58. The van der Waals surface area contributed by atoms with Crippen molar-refractivity contribution in [2.24, 2.45) is 0 Å². The van der Waals surface area contributed by atoms with Crippen LogP contribution in [0, 0.1) is 0 Å². The molecule has 4 rings (SSSR count). The molecule has 0 aromatic heterocycles. The summed E-state index contributed by atoms with van der Waals surface area (Å²) in [5, 5.41) is 9.07. The fraction of sp³-hybridized carbons (Fsp3) is 0.0800. The minimum Gasteiger partial charge on any atom is -0.493 e. The van der Waals surface area contributed by atoms with Crippen molar-refractivity contribution in [1.82, 2.24) is 0 Å². The largest absolute Gasteiger partial charge is 0.493 e. The second kappa shape index (κ2) is 9.89. The zero-order valence-corrected chi connectivity index (χ0v) is 19.2. The third kappa shape index (κ3) is 5.08. The normalized spacial score (nSPS) is 14.6. The first-order chi connectivity index (χ1) is 16.0. The van der Waals surface area contributed by atoms with Crippen LogP contribution in [0.25, 0.3) is 6.08 Å². The van der Waals surface area contributed by atoms with Gasteiger partial charge in [0.1, 0.15) is 6.61 Å². The number of amides is 1. The van der Waals surface area contributed by atoms with E-state index in [0.29, 0.717) is 33.0 Å². The molecule has 0 bridgehead atoms. The van der Waals surface area contributed by atoms with Gasteiger partial charge in [0.2, 0.25) is 0 Å². The number of methoxy groups -OCH3 is 1. The summed E-state index contributed by atoms with van der Waals surface area (Å²) in [5.41, 5.74) is 2.47.